The second-order valence-corrected chi connectivity index (χ2v) is 5.43. The summed E-state index contributed by atoms with van der Waals surface area (Å²) in [7, 11) is 0. The molecule has 1 unspecified atom stereocenters. The zero-order chi connectivity index (χ0) is 18.7. The molecule has 1 atom stereocenters. The number of carbonyl (C=O) groups excluding carboxylic acids is 1. The Labute approximate surface area is 145 Å². The van der Waals surface area contributed by atoms with Gasteiger partial charge in [0.25, 0.3) is 11.5 Å². The van der Waals surface area contributed by atoms with Crippen molar-refractivity contribution in [3.8, 4) is 11.5 Å². The maximum atomic E-state index is 12.6. The molecule has 7 nitrogen and oxygen atoms in total. The van der Waals surface area contributed by atoms with Gasteiger partial charge in [0, 0.05) is 12.6 Å². The largest absolute Gasteiger partial charge is 0.485 e. The number of carbonyl (C=O) groups is 1. The van der Waals surface area contributed by atoms with Crippen LogP contribution in [0.25, 0.3) is 0 Å². The molecule has 138 valence electrons. The molecule has 0 fully saturated rings. The van der Waals surface area contributed by atoms with Crippen molar-refractivity contribution in [1.82, 2.24) is 15.1 Å². The number of ether oxygens (including phenoxy) is 2. The van der Waals surface area contributed by atoms with E-state index in [-0.39, 0.29) is 19.7 Å². The van der Waals surface area contributed by atoms with E-state index in [1.165, 1.54) is 0 Å². The van der Waals surface area contributed by atoms with Crippen molar-refractivity contribution in [2.45, 2.75) is 18.8 Å². The SMILES string of the molecule is O=C(NCCn1nc(C(F)(F)F)ccc1=O)C1COc2ccccc2O1. The van der Waals surface area contributed by atoms with E-state index < -0.39 is 29.4 Å². The van der Waals surface area contributed by atoms with Gasteiger partial charge in [-0.15, -0.1) is 0 Å². The van der Waals surface area contributed by atoms with Gasteiger partial charge in [0.1, 0.15) is 6.61 Å². The number of hydrogen-bond acceptors (Lipinski definition) is 5. The molecule has 0 radical (unpaired) electrons. The van der Waals surface area contributed by atoms with Gasteiger partial charge in [-0.05, 0) is 18.2 Å². The van der Waals surface area contributed by atoms with Gasteiger partial charge in [-0.25, -0.2) is 4.68 Å². The number of nitrogens with one attached hydrogen (secondary N) is 1. The average Bonchev–Trinajstić information content (AvgIpc) is 2.61. The van der Waals surface area contributed by atoms with Gasteiger partial charge in [0.05, 0.1) is 6.54 Å². The molecule has 0 bridgehead atoms. The Morgan fingerprint density at radius 2 is 1.96 bits per heavy atom. The lowest BCUT2D eigenvalue weighted by Crippen LogP contribution is -2.45. The fraction of sp³-hybridized carbons (Fsp3) is 0.312. The fourth-order valence-electron chi connectivity index (χ4n) is 2.31. The van der Waals surface area contributed by atoms with Crippen LogP contribution >= 0.6 is 0 Å². The first-order valence-electron chi connectivity index (χ1n) is 7.66. The summed E-state index contributed by atoms with van der Waals surface area (Å²) >= 11 is 0. The summed E-state index contributed by atoms with van der Waals surface area (Å²) in [4.78, 5) is 23.7. The van der Waals surface area contributed by atoms with Crippen LogP contribution in [0.15, 0.2) is 41.2 Å². The molecule has 0 aliphatic carbocycles. The number of fused-ring (bicyclic) bond motifs is 1. The number of nitrogens with zero attached hydrogens (tertiary/aromatic N) is 2. The molecule has 3 rings (SSSR count). The Hall–Kier alpha value is -3.04. The van der Waals surface area contributed by atoms with E-state index in [9.17, 15) is 22.8 Å². The summed E-state index contributed by atoms with van der Waals surface area (Å²) in [6.45, 7) is -0.294. The molecule has 2 aromatic rings. The van der Waals surface area contributed by atoms with E-state index in [0.717, 1.165) is 6.07 Å². The highest BCUT2D eigenvalue weighted by molar-refractivity contribution is 5.81. The van der Waals surface area contributed by atoms with Gasteiger partial charge in [-0.3, -0.25) is 9.59 Å². The van der Waals surface area contributed by atoms with Gasteiger partial charge in [0.2, 0.25) is 6.10 Å². The molecule has 0 saturated heterocycles. The highest BCUT2D eigenvalue weighted by Gasteiger charge is 2.33. The number of para-hydroxylation sites is 2. The van der Waals surface area contributed by atoms with Crippen molar-refractivity contribution in [2.24, 2.45) is 0 Å². The Morgan fingerprint density at radius 3 is 2.69 bits per heavy atom. The van der Waals surface area contributed by atoms with Gasteiger partial charge in [-0.2, -0.15) is 18.3 Å². The van der Waals surface area contributed by atoms with Crippen LogP contribution in [-0.2, 0) is 17.5 Å². The third-order valence-corrected chi connectivity index (χ3v) is 3.58. The van der Waals surface area contributed by atoms with Crippen molar-refractivity contribution in [3.05, 3.63) is 52.4 Å². The number of halogens is 3. The minimum absolute atomic E-state index is 0.00457. The summed E-state index contributed by atoms with van der Waals surface area (Å²) in [5, 5.41) is 5.75. The second kappa shape index (κ2) is 7.06. The van der Waals surface area contributed by atoms with E-state index in [2.05, 4.69) is 10.4 Å². The highest BCUT2D eigenvalue weighted by atomic mass is 19.4. The third-order valence-electron chi connectivity index (χ3n) is 3.58. The molecule has 26 heavy (non-hydrogen) atoms. The molecule has 2 heterocycles. The molecular formula is C16H14F3N3O4. The molecule has 1 aromatic carbocycles. The normalized spacial score (nSPS) is 16.2. The van der Waals surface area contributed by atoms with Crippen LogP contribution in [0.1, 0.15) is 5.69 Å². The Morgan fingerprint density at radius 1 is 1.23 bits per heavy atom. The van der Waals surface area contributed by atoms with Crippen molar-refractivity contribution in [2.75, 3.05) is 13.2 Å². The van der Waals surface area contributed by atoms with E-state index >= 15 is 0 Å². The number of aromatic nitrogens is 2. The van der Waals surface area contributed by atoms with Crippen LogP contribution in [-0.4, -0.2) is 34.9 Å². The topological polar surface area (TPSA) is 82.5 Å². The van der Waals surface area contributed by atoms with Crippen molar-refractivity contribution in [1.29, 1.82) is 0 Å². The van der Waals surface area contributed by atoms with E-state index in [1.54, 1.807) is 24.3 Å². The van der Waals surface area contributed by atoms with Crippen molar-refractivity contribution in [3.63, 3.8) is 0 Å². The second-order valence-electron chi connectivity index (χ2n) is 5.43. The first kappa shape index (κ1) is 17.8. The molecule has 1 aromatic heterocycles. The number of amides is 1. The molecule has 1 aliphatic rings. The van der Waals surface area contributed by atoms with E-state index in [1.807, 2.05) is 0 Å². The number of benzene rings is 1. The smallest absolute Gasteiger partial charge is 0.435 e. The summed E-state index contributed by atoms with van der Waals surface area (Å²) in [6.07, 6.45) is -5.55. The Bertz CT molecular complexity index is 866. The Kier molecular flexibility index (Phi) is 4.83. The minimum Gasteiger partial charge on any atom is -0.485 e. The molecule has 0 saturated carbocycles. The van der Waals surface area contributed by atoms with E-state index in [0.29, 0.717) is 22.2 Å². The highest BCUT2D eigenvalue weighted by Crippen LogP contribution is 2.30. The van der Waals surface area contributed by atoms with Gasteiger partial charge < -0.3 is 14.8 Å². The standard InChI is InChI=1S/C16H14F3N3O4/c17-16(18,19)13-5-6-14(23)22(21-13)8-7-20-15(24)12-9-25-10-3-1-2-4-11(10)26-12/h1-6,12H,7-9H2,(H,20,24). The summed E-state index contributed by atoms with van der Waals surface area (Å²) in [5.41, 5.74) is -1.87. The minimum atomic E-state index is -4.65. The molecule has 1 N–H and O–H groups in total. The lowest BCUT2D eigenvalue weighted by Gasteiger charge is -2.25. The maximum Gasteiger partial charge on any atom is 0.435 e. The van der Waals surface area contributed by atoms with Crippen LogP contribution in [0.5, 0.6) is 11.5 Å². The van der Waals surface area contributed by atoms with Crippen LogP contribution in [0.3, 0.4) is 0 Å². The van der Waals surface area contributed by atoms with E-state index in [4.69, 9.17) is 9.47 Å². The van der Waals surface area contributed by atoms with Crippen LogP contribution < -0.4 is 20.3 Å². The molecule has 0 spiro atoms. The summed E-state index contributed by atoms with van der Waals surface area (Å²) in [6, 6.07) is 8.25. The number of alkyl halides is 3. The predicted octanol–water partition coefficient (Wildman–Crippen LogP) is 1.22. The number of rotatable bonds is 4. The monoisotopic (exact) mass is 369 g/mol. The van der Waals surface area contributed by atoms with Crippen molar-refractivity contribution >= 4 is 5.91 Å². The van der Waals surface area contributed by atoms with Gasteiger partial charge in [-0.1, -0.05) is 12.1 Å². The first-order chi connectivity index (χ1) is 12.3. The predicted molar refractivity (Wildman–Crippen MR) is 82.9 cm³/mol. The average molecular weight is 369 g/mol. The van der Waals surface area contributed by atoms with Gasteiger partial charge in [0.15, 0.2) is 17.2 Å². The first-order valence-corrected chi connectivity index (χ1v) is 7.66. The Balaban J connectivity index is 1.57. The zero-order valence-electron chi connectivity index (χ0n) is 13.3. The van der Waals surface area contributed by atoms with Crippen LogP contribution in [0.4, 0.5) is 13.2 Å². The lowest BCUT2D eigenvalue weighted by molar-refractivity contribution is -0.142. The molecule has 1 amide bonds. The fourth-order valence-corrected chi connectivity index (χ4v) is 2.31. The zero-order valence-corrected chi connectivity index (χ0v) is 13.3. The van der Waals surface area contributed by atoms with Crippen molar-refractivity contribution < 1.29 is 27.4 Å². The third kappa shape index (κ3) is 3.95. The molecule has 1 aliphatic heterocycles. The maximum absolute atomic E-state index is 12.6. The van der Waals surface area contributed by atoms with Crippen LogP contribution in [0, 0.1) is 0 Å². The van der Waals surface area contributed by atoms with Gasteiger partial charge >= 0.3 is 6.18 Å². The lowest BCUT2D eigenvalue weighted by atomic mass is 10.2. The summed E-state index contributed by atoms with van der Waals surface area (Å²) in [5.74, 6) is 0.450. The summed E-state index contributed by atoms with van der Waals surface area (Å²) < 4.78 is 49.5. The number of hydrogen-bond donors (Lipinski definition) is 1. The van der Waals surface area contributed by atoms with Crippen LogP contribution in [0.2, 0.25) is 0 Å². The molecular weight excluding hydrogens is 355 g/mol. The molecule has 10 heteroatoms. The quantitative estimate of drug-likeness (QED) is 0.876.